The van der Waals surface area contributed by atoms with Crippen molar-refractivity contribution in [3.8, 4) is 0 Å². The Morgan fingerprint density at radius 3 is 1.39 bits per heavy atom. The van der Waals surface area contributed by atoms with E-state index in [1.54, 1.807) is 48.5 Å². The molecule has 0 aliphatic carbocycles. The van der Waals surface area contributed by atoms with E-state index >= 15 is 0 Å². The minimum atomic E-state index is -3.15. The molecule has 0 aromatic heterocycles. The van der Waals surface area contributed by atoms with Crippen molar-refractivity contribution in [1.29, 1.82) is 0 Å². The number of carbonyl (C=O) groups excluding carboxylic acids is 2. The summed E-state index contributed by atoms with van der Waals surface area (Å²) in [7, 11) is 5.24. The van der Waals surface area contributed by atoms with Gasteiger partial charge in [-0.3, -0.25) is 0 Å². The van der Waals surface area contributed by atoms with Gasteiger partial charge in [-0.05, 0) is 0 Å². The van der Waals surface area contributed by atoms with Crippen LogP contribution < -0.4 is 0 Å². The zero-order chi connectivity index (χ0) is 13.0. The Balaban J connectivity index is 2.23. The summed E-state index contributed by atoms with van der Waals surface area (Å²) in [6, 6.07) is 17.7. The second-order valence-corrected chi connectivity index (χ2v) is 10.9. The van der Waals surface area contributed by atoms with Crippen LogP contribution in [0.3, 0.4) is 0 Å². The summed E-state index contributed by atoms with van der Waals surface area (Å²) in [5.41, 5.74) is 1.12. The first-order chi connectivity index (χ1) is 8.70. The Labute approximate surface area is 116 Å². The maximum absolute atomic E-state index is 12.1. The fourth-order valence-corrected chi connectivity index (χ4v) is 6.16. The van der Waals surface area contributed by atoms with Crippen LogP contribution in [0.15, 0.2) is 60.7 Å². The van der Waals surface area contributed by atoms with E-state index in [-0.39, 0.29) is 7.60 Å². The van der Waals surface area contributed by atoms with Crippen LogP contribution in [0.1, 0.15) is 20.7 Å². The van der Waals surface area contributed by atoms with Gasteiger partial charge in [0.1, 0.15) is 0 Å². The van der Waals surface area contributed by atoms with Gasteiger partial charge in [0.2, 0.25) is 0 Å². The number of rotatable bonds is 4. The first-order valence-corrected chi connectivity index (χ1v) is 12.2. The van der Waals surface area contributed by atoms with E-state index < -0.39 is 17.8 Å². The predicted octanol–water partition coefficient (Wildman–Crippen LogP) is 3.02. The molecule has 0 saturated heterocycles. The number of hydrogen-bond donors (Lipinski definition) is 0. The van der Waals surface area contributed by atoms with Crippen molar-refractivity contribution in [2.24, 2.45) is 0 Å². The molecule has 88 valence electrons. The minimum absolute atomic E-state index is 0.123. The monoisotopic (exact) mass is 362 g/mol. The average molecular weight is 361 g/mol. The molecule has 2 nitrogen and oxygen atoms in total. The van der Waals surface area contributed by atoms with Gasteiger partial charge in [-0.25, -0.2) is 0 Å². The fourth-order valence-electron chi connectivity index (χ4n) is 1.54. The molecular weight excluding hydrogens is 351 g/mol. The van der Waals surface area contributed by atoms with Crippen molar-refractivity contribution in [2.75, 3.05) is 0 Å². The summed E-state index contributed by atoms with van der Waals surface area (Å²) < 4.78 is -0.247. The summed E-state index contributed by atoms with van der Waals surface area (Å²) in [6.07, 6.45) is 0. The second-order valence-electron chi connectivity index (χ2n) is 3.72. The van der Waals surface area contributed by atoms with Crippen molar-refractivity contribution in [2.45, 2.75) is 0 Å². The zero-order valence-corrected chi connectivity index (χ0v) is 13.2. The number of carbonyl (C=O) groups is 2. The average Bonchev–Trinajstić information content (AvgIpc) is 2.47. The third kappa shape index (κ3) is 2.97. The predicted molar refractivity (Wildman–Crippen MR) is 74.9 cm³/mol. The molecule has 2 aromatic rings. The van der Waals surface area contributed by atoms with Crippen molar-refractivity contribution in [1.82, 2.24) is 0 Å². The van der Waals surface area contributed by atoms with Crippen molar-refractivity contribution >= 4 is 34.7 Å². The molecule has 0 radical (unpaired) electrons. The number of benzene rings is 2. The van der Waals surface area contributed by atoms with Crippen molar-refractivity contribution < 1.29 is 9.59 Å². The van der Waals surface area contributed by atoms with Crippen molar-refractivity contribution in [3.63, 3.8) is 0 Å². The van der Waals surface area contributed by atoms with E-state index in [4.69, 9.17) is 9.29 Å². The van der Waals surface area contributed by atoms with Crippen LogP contribution in [0.2, 0.25) is 0 Å². The van der Waals surface area contributed by atoms with E-state index in [2.05, 4.69) is 0 Å². The van der Waals surface area contributed by atoms with Gasteiger partial charge in [0.15, 0.2) is 0 Å². The molecule has 0 spiro atoms. The molecule has 0 saturated carbocycles. The van der Waals surface area contributed by atoms with E-state index in [0.717, 1.165) is 0 Å². The second kappa shape index (κ2) is 6.11. The molecule has 0 aliphatic heterocycles. The standard InChI is InChI=1S/2C7H5O.S.Sn/c2*8-6-7-4-2-1-3-5-7;;/h2*1-5H;;. The van der Waals surface area contributed by atoms with Crippen LogP contribution in [-0.4, -0.2) is 25.4 Å². The molecular formula is C14H10O2SSn. The summed E-state index contributed by atoms with van der Waals surface area (Å²) in [4.78, 5) is 24.2. The quantitative estimate of drug-likeness (QED) is 0.786. The molecule has 0 amide bonds. The van der Waals surface area contributed by atoms with Gasteiger partial charge in [-0.2, -0.15) is 0 Å². The van der Waals surface area contributed by atoms with Gasteiger partial charge < -0.3 is 0 Å². The molecule has 0 heterocycles. The molecule has 4 heteroatoms. The van der Waals surface area contributed by atoms with Gasteiger partial charge in [0.05, 0.1) is 0 Å². The Kier molecular flexibility index (Phi) is 4.49. The first-order valence-electron chi connectivity index (χ1n) is 5.43. The topological polar surface area (TPSA) is 34.1 Å². The van der Waals surface area contributed by atoms with Gasteiger partial charge in [0.25, 0.3) is 0 Å². The molecule has 2 rings (SSSR count). The molecule has 0 atom stereocenters. The van der Waals surface area contributed by atoms with Crippen molar-refractivity contribution in [3.05, 3.63) is 71.8 Å². The van der Waals surface area contributed by atoms with Crippen LogP contribution in [0.25, 0.3) is 0 Å². The van der Waals surface area contributed by atoms with E-state index in [9.17, 15) is 9.59 Å². The van der Waals surface area contributed by atoms with E-state index in [0.29, 0.717) is 11.1 Å². The summed E-state index contributed by atoms with van der Waals surface area (Å²) >= 11 is -3.15. The maximum atomic E-state index is 12.1. The van der Waals surface area contributed by atoms with Crippen LogP contribution in [0.5, 0.6) is 0 Å². The molecule has 0 aliphatic rings. The molecule has 0 bridgehead atoms. The van der Waals surface area contributed by atoms with E-state index in [1.165, 1.54) is 0 Å². The van der Waals surface area contributed by atoms with Crippen LogP contribution in [0.4, 0.5) is 0 Å². The summed E-state index contributed by atoms with van der Waals surface area (Å²) in [5.74, 6) is 0. The van der Waals surface area contributed by atoms with Gasteiger partial charge in [-0.1, -0.05) is 0 Å². The summed E-state index contributed by atoms with van der Waals surface area (Å²) in [6.45, 7) is 0. The third-order valence-electron chi connectivity index (χ3n) is 2.48. The molecule has 2 aromatic carbocycles. The Hall–Kier alpha value is -1.20. The zero-order valence-electron chi connectivity index (χ0n) is 9.50. The normalized spacial score (nSPS) is 9.78. The Morgan fingerprint density at radius 2 is 1.06 bits per heavy atom. The SMILES string of the molecule is O=[C](c1ccccc1)[Sn](=[S])[C](=O)c1ccccc1. The molecule has 0 fully saturated rings. The summed E-state index contributed by atoms with van der Waals surface area (Å²) in [5, 5.41) is 0. The molecule has 0 N–H and O–H groups in total. The third-order valence-corrected chi connectivity index (χ3v) is 8.97. The molecule has 0 unspecified atom stereocenters. The first kappa shape index (κ1) is 13.2. The number of hydrogen-bond acceptors (Lipinski definition) is 3. The van der Waals surface area contributed by atoms with Crippen LogP contribution >= 0.6 is 9.29 Å². The van der Waals surface area contributed by atoms with Gasteiger partial charge in [-0.15, -0.1) is 0 Å². The van der Waals surface area contributed by atoms with E-state index in [1.807, 2.05) is 12.1 Å². The van der Waals surface area contributed by atoms with Crippen LogP contribution in [0, 0.1) is 0 Å². The van der Waals surface area contributed by atoms with Gasteiger partial charge in [0, 0.05) is 0 Å². The van der Waals surface area contributed by atoms with Crippen LogP contribution in [-0.2, 0) is 0 Å². The van der Waals surface area contributed by atoms with Gasteiger partial charge >= 0.3 is 116 Å². The Bertz CT molecular complexity index is 540. The Morgan fingerprint density at radius 1 is 0.722 bits per heavy atom. The molecule has 18 heavy (non-hydrogen) atoms. The fraction of sp³-hybridized carbons (Fsp3) is 0.